The topological polar surface area (TPSA) is 54.0 Å². The van der Waals surface area contributed by atoms with Gasteiger partial charge in [-0.3, -0.25) is 5.32 Å². The quantitative estimate of drug-likeness (QED) is 0.799. The monoisotopic (exact) mass is 317 g/mol. The molecule has 5 heteroatoms. The number of urea groups is 1. The molecule has 2 rings (SSSR count). The van der Waals surface area contributed by atoms with Crippen molar-refractivity contribution in [2.24, 2.45) is 0 Å². The number of amides is 2. The summed E-state index contributed by atoms with van der Waals surface area (Å²) in [6.07, 6.45) is 0. The summed E-state index contributed by atoms with van der Waals surface area (Å²) < 4.78 is 0. The fourth-order valence-corrected chi connectivity index (χ4v) is 3.03. The van der Waals surface area contributed by atoms with Gasteiger partial charge in [-0.05, 0) is 29.9 Å². The molecule has 0 aliphatic carbocycles. The van der Waals surface area contributed by atoms with Crippen molar-refractivity contribution < 1.29 is 4.79 Å². The van der Waals surface area contributed by atoms with Gasteiger partial charge < -0.3 is 5.32 Å². The van der Waals surface area contributed by atoms with Crippen molar-refractivity contribution in [3.8, 4) is 0 Å². The average molecular weight is 317 g/mol. The zero-order chi connectivity index (χ0) is 16.3. The number of anilines is 2. The third kappa shape index (κ3) is 3.85. The Hall–Kier alpha value is -1.88. The van der Waals surface area contributed by atoms with Gasteiger partial charge in [0.05, 0.1) is 5.69 Å². The highest BCUT2D eigenvalue weighted by molar-refractivity contribution is 7.13. The van der Waals surface area contributed by atoms with E-state index in [4.69, 9.17) is 0 Å². The highest BCUT2D eigenvalue weighted by Crippen LogP contribution is 2.32. The molecule has 1 aromatic heterocycles. The molecule has 0 fully saturated rings. The number of thiazole rings is 1. The van der Waals surface area contributed by atoms with Gasteiger partial charge >= 0.3 is 6.03 Å². The molecule has 2 aromatic rings. The Morgan fingerprint density at radius 2 is 1.68 bits per heavy atom. The number of hydrogen-bond acceptors (Lipinski definition) is 3. The highest BCUT2D eigenvalue weighted by atomic mass is 32.1. The Bertz CT molecular complexity index is 635. The predicted molar refractivity (Wildman–Crippen MR) is 94.1 cm³/mol. The molecule has 0 unspecified atom stereocenters. The van der Waals surface area contributed by atoms with Crippen LogP contribution in [0.3, 0.4) is 0 Å². The lowest BCUT2D eigenvalue weighted by Gasteiger charge is -2.20. The first kappa shape index (κ1) is 16.5. The molecule has 2 N–H and O–H groups in total. The van der Waals surface area contributed by atoms with Crippen LogP contribution in [0.2, 0.25) is 0 Å². The molecule has 4 nitrogen and oxygen atoms in total. The summed E-state index contributed by atoms with van der Waals surface area (Å²) in [6.45, 7) is 10.4. The van der Waals surface area contributed by atoms with Crippen LogP contribution in [0, 0.1) is 6.92 Å². The first-order valence-electron chi connectivity index (χ1n) is 7.51. The van der Waals surface area contributed by atoms with Crippen LogP contribution in [-0.4, -0.2) is 11.0 Å². The Balaban J connectivity index is 2.25. The zero-order valence-electron chi connectivity index (χ0n) is 13.7. The number of nitrogens with zero attached hydrogens (tertiary/aromatic N) is 1. The van der Waals surface area contributed by atoms with Crippen LogP contribution in [0.4, 0.5) is 15.6 Å². The van der Waals surface area contributed by atoms with E-state index in [0.29, 0.717) is 17.0 Å². The molecule has 0 saturated carbocycles. The van der Waals surface area contributed by atoms with E-state index in [0.717, 1.165) is 22.5 Å². The van der Waals surface area contributed by atoms with Gasteiger partial charge in [-0.15, -0.1) is 11.3 Å². The normalized spacial score (nSPS) is 11.0. The van der Waals surface area contributed by atoms with Crippen molar-refractivity contribution in [3.05, 3.63) is 40.4 Å². The fourth-order valence-electron chi connectivity index (χ4n) is 2.35. The lowest BCUT2D eigenvalue weighted by Crippen LogP contribution is -2.21. The smallest absolute Gasteiger partial charge is 0.307 e. The molecule has 22 heavy (non-hydrogen) atoms. The summed E-state index contributed by atoms with van der Waals surface area (Å²) in [4.78, 5) is 16.5. The maximum absolute atomic E-state index is 12.3. The maximum Gasteiger partial charge on any atom is 0.325 e. The average Bonchev–Trinajstić information content (AvgIpc) is 2.83. The van der Waals surface area contributed by atoms with Crippen LogP contribution in [-0.2, 0) is 0 Å². The largest absolute Gasteiger partial charge is 0.325 e. The minimum absolute atomic E-state index is 0.246. The molecule has 0 saturated heterocycles. The maximum atomic E-state index is 12.3. The molecule has 0 bridgehead atoms. The summed E-state index contributed by atoms with van der Waals surface area (Å²) in [7, 11) is 0. The van der Waals surface area contributed by atoms with Crippen molar-refractivity contribution in [2.75, 3.05) is 10.6 Å². The number of carbonyl (C=O) groups excluding carboxylic acids is 1. The lowest BCUT2D eigenvalue weighted by molar-refractivity contribution is 0.262. The molecule has 1 heterocycles. The molecular weight excluding hydrogens is 294 g/mol. The van der Waals surface area contributed by atoms with E-state index < -0.39 is 0 Å². The number of benzene rings is 1. The van der Waals surface area contributed by atoms with Crippen LogP contribution in [0.5, 0.6) is 0 Å². The minimum Gasteiger partial charge on any atom is -0.307 e. The van der Waals surface area contributed by atoms with E-state index >= 15 is 0 Å². The Labute approximate surface area is 136 Å². The first-order chi connectivity index (χ1) is 10.4. The second-order valence-electron chi connectivity index (χ2n) is 5.99. The molecule has 2 amide bonds. The second kappa shape index (κ2) is 6.92. The van der Waals surface area contributed by atoms with Gasteiger partial charge in [0.15, 0.2) is 5.13 Å². The number of para-hydroxylation sites is 1. The van der Waals surface area contributed by atoms with Crippen LogP contribution in [0.25, 0.3) is 0 Å². The van der Waals surface area contributed by atoms with Gasteiger partial charge in [0.2, 0.25) is 0 Å². The summed E-state index contributed by atoms with van der Waals surface area (Å²) in [5, 5.41) is 8.34. The summed E-state index contributed by atoms with van der Waals surface area (Å²) in [6, 6.07) is 5.95. The number of nitrogens with one attached hydrogen (secondary N) is 2. The van der Waals surface area contributed by atoms with Gasteiger partial charge in [-0.2, -0.15) is 0 Å². The van der Waals surface area contributed by atoms with Crippen LogP contribution in [0.15, 0.2) is 23.6 Å². The molecule has 0 aliphatic rings. The molecule has 1 aromatic carbocycles. The van der Waals surface area contributed by atoms with E-state index in [1.807, 2.05) is 12.3 Å². The number of rotatable bonds is 4. The third-order valence-electron chi connectivity index (χ3n) is 3.45. The van der Waals surface area contributed by atoms with Crippen LogP contribution < -0.4 is 10.6 Å². The van der Waals surface area contributed by atoms with Crippen molar-refractivity contribution in [3.63, 3.8) is 0 Å². The number of carbonyl (C=O) groups is 1. The number of hydrogen-bond donors (Lipinski definition) is 2. The fraction of sp³-hybridized carbons (Fsp3) is 0.412. The summed E-state index contributed by atoms with van der Waals surface area (Å²) >= 11 is 1.43. The second-order valence-corrected chi connectivity index (χ2v) is 6.85. The Morgan fingerprint density at radius 1 is 1.09 bits per heavy atom. The van der Waals surface area contributed by atoms with E-state index in [2.05, 4.69) is 61.5 Å². The number of aryl methyl sites for hydroxylation is 1. The lowest BCUT2D eigenvalue weighted by atomic mass is 9.93. The van der Waals surface area contributed by atoms with Crippen LogP contribution in [0.1, 0.15) is 56.4 Å². The van der Waals surface area contributed by atoms with Gasteiger partial charge in [0.1, 0.15) is 0 Å². The van der Waals surface area contributed by atoms with Gasteiger partial charge in [-0.1, -0.05) is 45.9 Å². The first-order valence-corrected chi connectivity index (χ1v) is 8.39. The van der Waals surface area contributed by atoms with Gasteiger partial charge in [0, 0.05) is 11.1 Å². The van der Waals surface area contributed by atoms with E-state index in [9.17, 15) is 4.79 Å². The van der Waals surface area contributed by atoms with Gasteiger partial charge in [0.25, 0.3) is 0 Å². The van der Waals surface area contributed by atoms with E-state index in [-0.39, 0.29) is 6.03 Å². The predicted octanol–water partition coefficient (Wildman–Crippen LogP) is 5.34. The van der Waals surface area contributed by atoms with Crippen molar-refractivity contribution >= 4 is 28.2 Å². The number of aromatic nitrogens is 1. The highest BCUT2D eigenvalue weighted by Gasteiger charge is 2.16. The molecule has 0 spiro atoms. The van der Waals surface area contributed by atoms with Crippen molar-refractivity contribution in [1.29, 1.82) is 0 Å². The van der Waals surface area contributed by atoms with E-state index in [1.165, 1.54) is 11.3 Å². The summed E-state index contributed by atoms with van der Waals surface area (Å²) in [5.41, 5.74) is 4.12. The minimum atomic E-state index is -0.246. The van der Waals surface area contributed by atoms with Crippen molar-refractivity contribution in [2.45, 2.75) is 46.5 Å². The molecular formula is C17H23N3OS. The van der Waals surface area contributed by atoms with Crippen molar-refractivity contribution in [1.82, 2.24) is 4.98 Å². The van der Waals surface area contributed by atoms with Crippen LogP contribution >= 0.6 is 11.3 Å². The molecule has 0 atom stereocenters. The molecule has 118 valence electrons. The molecule has 0 radical (unpaired) electrons. The van der Waals surface area contributed by atoms with Gasteiger partial charge in [-0.25, -0.2) is 9.78 Å². The zero-order valence-corrected chi connectivity index (χ0v) is 14.5. The Morgan fingerprint density at radius 3 is 2.14 bits per heavy atom. The molecule has 0 aliphatic heterocycles. The Kier molecular flexibility index (Phi) is 5.19. The standard InChI is InChI=1S/C17H23N3OS/c1-10(2)13-7-6-8-14(11(3)4)15(13)19-16(21)20-17-18-12(5)9-22-17/h6-11H,1-5H3,(H2,18,19,20,21). The SMILES string of the molecule is Cc1csc(NC(=O)Nc2c(C(C)C)cccc2C(C)C)n1. The third-order valence-corrected chi connectivity index (χ3v) is 4.33. The summed E-state index contributed by atoms with van der Waals surface area (Å²) in [5.74, 6) is 0.687. The van der Waals surface area contributed by atoms with E-state index in [1.54, 1.807) is 0 Å².